The first-order chi connectivity index (χ1) is 10.4. The minimum atomic E-state index is -0.483. The highest BCUT2D eigenvalue weighted by molar-refractivity contribution is 7.80. The predicted molar refractivity (Wildman–Crippen MR) is 93.9 cm³/mol. The number of rotatable bonds is 3. The van der Waals surface area contributed by atoms with Gasteiger partial charge >= 0.3 is 0 Å². The largest absolute Gasteiger partial charge is 0.332 e. The van der Waals surface area contributed by atoms with Crippen molar-refractivity contribution < 1.29 is 4.92 Å². The Hall–Kier alpha value is -2.18. The quantitative estimate of drug-likeness (QED) is 0.484. The molecule has 5 nitrogen and oxygen atoms in total. The van der Waals surface area contributed by atoms with E-state index in [1.165, 1.54) is 18.2 Å². The molecule has 0 radical (unpaired) electrons. The molecule has 114 valence electrons. The highest BCUT2D eigenvalue weighted by atomic mass is 35.5. The summed E-state index contributed by atoms with van der Waals surface area (Å²) in [5.74, 6) is 0. The number of thiocarbonyl (C=S) groups is 1. The van der Waals surface area contributed by atoms with E-state index in [2.05, 4.69) is 10.6 Å². The molecule has 0 amide bonds. The molecule has 0 heterocycles. The Labute approximate surface area is 138 Å². The number of halogens is 1. The highest BCUT2D eigenvalue weighted by Crippen LogP contribution is 2.27. The van der Waals surface area contributed by atoms with Crippen LogP contribution >= 0.6 is 23.8 Å². The van der Waals surface area contributed by atoms with Gasteiger partial charge in [-0.3, -0.25) is 10.1 Å². The third-order valence-electron chi connectivity index (χ3n) is 3.26. The van der Waals surface area contributed by atoms with Gasteiger partial charge in [0.1, 0.15) is 0 Å². The Morgan fingerprint density at radius 1 is 1.18 bits per heavy atom. The van der Waals surface area contributed by atoms with Crippen molar-refractivity contribution in [2.24, 2.45) is 0 Å². The first-order valence-electron chi connectivity index (χ1n) is 6.46. The van der Waals surface area contributed by atoms with Crippen LogP contribution in [-0.4, -0.2) is 10.0 Å². The van der Waals surface area contributed by atoms with Crippen LogP contribution in [0.5, 0.6) is 0 Å². The molecule has 0 aliphatic heterocycles. The zero-order valence-corrected chi connectivity index (χ0v) is 13.6. The van der Waals surface area contributed by atoms with Crippen molar-refractivity contribution >= 4 is 46.0 Å². The molecule has 0 aliphatic rings. The van der Waals surface area contributed by atoms with Crippen LogP contribution in [0.3, 0.4) is 0 Å². The van der Waals surface area contributed by atoms with E-state index in [9.17, 15) is 10.1 Å². The molecular weight excluding hydrogens is 322 g/mol. The van der Waals surface area contributed by atoms with E-state index in [1.807, 2.05) is 32.0 Å². The van der Waals surface area contributed by atoms with Gasteiger partial charge < -0.3 is 10.6 Å². The molecular formula is C15H14ClN3O2S. The van der Waals surface area contributed by atoms with E-state index < -0.39 is 4.92 Å². The lowest BCUT2D eigenvalue weighted by Gasteiger charge is -2.14. The predicted octanol–water partition coefficient (Wildman–Crippen LogP) is 4.67. The summed E-state index contributed by atoms with van der Waals surface area (Å²) in [6.07, 6.45) is 0. The molecule has 2 N–H and O–H groups in total. The fourth-order valence-corrected chi connectivity index (χ4v) is 2.27. The molecule has 0 saturated heterocycles. The maximum absolute atomic E-state index is 10.8. The molecule has 0 fully saturated rings. The average molecular weight is 336 g/mol. The Morgan fingerprint density at radius 2 is 1.86 bits per heavy atom. The van der Waals surface area contributed by atoms with Crippen molar-refractivity contribution in [3.63, 3.8) is 0 Å². The number of anilines is 2. The number of benzene rings is 2. The minimum absolute atomic E-state index is 0.0542. The molecule has 0 bridgehead atoms. The number of non-ortho nitro benzene ring substituents is 1. The van der Waals surface area contributed by atoms with Crippen LogP contribution in [0.2, 0.25) is 5.02 Å². The maximum Gasteiger partial charge on any atom is 0.271 e. The zero-order chi connectivity index (χ0) is 16.3. The summed E-state index contributed by atoms with van der Waals surface area (Å²) in [7, 11) is 0. The van der Waals surface area contributed by atoms with Gasteiger partial charge in [0.25, 0.3) is 5.69 Å². The summed E-state index contributed by atoms with van der Waals surface area (Å²) in [5.41, 5.74) is 3.43. The SMILES string of the molecule is Cc1cccc(NC(=S)Nc2cc([N+](=O)[O-])ccc2Cl)c1C. The molecule has 0 aliphatic carbocycles. The van der Waals surface area contributed by atoms with Crippen LogP contribution in [0.4, 0.5) is 17.1 Å². The van der Waals surface area contributed by atoms with E-state index in [0.717, 1.165) is 16.8 Å². The first-order valence-corrected chi connectivity index (χ1v) is 7.25. The molecule has 2 rings (SSSR count). The standard InChI is InChI=1S/C15H14ClN3O2S/c1-9-4-3-5-13(10(9)2)17-15(22)18-14-8-11(19(20)21)6-7-12(14)16/h3-8H,1-2H3,(H2,17,18,22). The lowest BCUT2D eigenvalue weighted by atomic mass is 10.1. The van der Waals surface area contributed by atoms with Gasteiger partial charge in [-0.15, -0.1) is 0 Å². The second-order valence-electron chi connectivity index (χ2n) is 4.75. The molecule has 0 spiro atoms. The summed E-state index contributed by atoms with van der Waals surface area (Å²) < 4.78 is 0. The molecule has 22 heavy (non-hydrogen) atoms. The molecule has 7 heteroatoms. The van der Waals surface area contributed by atoms with Crippen LogP contribution < -0.4 is 10.6 Å². The van der Waals surface area contributed by atoms with Crippen LogP contribution in [0, 0.1) is 24.0 Å². The van der Waals surface area contributed by atoms with E-state index in [0.29, 0.717) is 15.8 Å². The Kier molecular flexibility index (Phi) is 4.95. The Bertz CT molecular complexity index is 750. The Morgan fingerprint density at radius 3 is 2.55 bits per heavy atom. The van der Waals surface area contributed by atoms with E-state index >= 15 is 0 Å². The van der Waals surface area contributed by atoms with Gasteiger partial charge in [-0.25, -0.2) is 0 Å². The van der Waals surface area contributed by atoms with Crippen LogP contribution in [0.25, 0.3) is 0 Å². The van der Waals surface area contributed by atoms with Crippen LogP contribution in [-0.2, 0) is 0 Å². The molecule has 0 atom stereocenters. The zero-order valence-electron chi connectivity index (χ0n) is 12.0. The molecule has 0 saturated carbocycles. The number of hydrogen-bond donors (Lipinski definition) is 2. The first kappa shape index (κ1) is 16.2. The molecule has 0 aromatic heterocycles. The van der Waals surface area contributed by atoms with Gasteiger partial charge in [0.05, 0.1) is 15.6 Å². The lowest BCUT2D eigenvalue weighted by Crippen LogP contribution is -2.20. The topological polar surface area (TPSA) is 67.2 Å². The number of nitrogens with zero attached hydrogens (tertiary/aromatic N) is 1. The van der Waals surface area contributed by atoms with Crippen molar-refractivity contribution in [2.75, 3.05) is 10.6 Å². The van der Waals surface area contributed by atoms with Gasteiger partial charge in [0, 0.05) is 17.8 Å². The van der Waals surface area contributed by atoms with Crippen LogP contribution in [0.1, 0.15) is 11.1 Å². The Balaban J connectivity index is 2.17. The van der Waals surface area contributed by atoms with Crippen molar-refractivity contribution in [1.29, 1.82) is 0 Å². The van der Waals surface area contributed by atoms with Crippen molar-refractivity contribution in [1.82, 2.24) is 0 Å². The third-order valence-corrected chi connectivity index (χ3v) is 3.80. The minimum Gasteiger partial charge on any atom is -0.332 e. The highest BCUT2D eigenvalue weighted by Gasteiger charge is 2.11. The van der Waals surface area contributed by atoms with Gasteiger partial charge in [0.2, 0.25) is 0 Å². The number of nitro groups is 1. The normalized spacial score (nSPS) is 10.1. The van der Waals surface area contributed by atoms with Crippen molar-refractivity contribution in [3.05, 3.63) is 62.7 Å². The van der Waals surface area contributed by atoms with Gasteiger partial charge in [-0.05, 0) is 49.3 Å². The summed E-state index contributed by atoms with van der Waals surface area (Å²) in [6.45, 7) is 4.00. The number of nitro benzene ring substituents is 1. The van der Waals surface area contributed by atoms with E-state index in [1.54, 1.807) is 0 Å². The van der Waals surface area contributed by atoms with Gasteiger partial charge in [0.15, 0.2) is 5.11 Å². The fraction of sp³-hybridized carbons (Fsp3) is 0.133. The second kappa shape index (κ2) is 6.72. The summed E-state index contributed by atoms with van der Waals surface area (Å²) >= 11 is 11.3. The van der Waals surface area contributed by atoms with Gasteiger partial charge in [-0.1, -0.05) is 23.7 Å². The van der Waals surface area contributed by atoms with E-state index in [-0.39, 0.29) is 5.69 Å². The fourth-order valence-electron chi connectivity index (χ4n) is 1.89. The number of aryl methyl sites for hydroxylation is 1. The third kappa shape index (κ3) is 3.72. The maximum atomic E-state index is 10.8. The van der Waals surface area contributed by atoms with E-state index in [4.69, 9.17) is 23.8 Å². The summed E-state index contributed by atoms with van der Waals surface area (Å²) in [4.78, 5) is 10.3. The summed E-state index contributed by atoms with van der Waals surface area (Å²) in [6, 6.07) is 9.99. The van der Waals surface area contributed by atoms with Crippen molar-refractivity contribution in [3.8, 4) is 0 Å². The number of nitrogens with one attached hydrogen (secondary N) is 2. The molecule has 0 unspecified atom stereocenters. The monoisotopic (exact) mass is 335 g/mol. The molecule has 2 aromatic rings. The van der Waals surface area contributed by atoms with Gasteiger partial charge in [-0.2, -0.15) is 0 Å². The number of hydrogen-bond acceptors (Lipinski definition) is 3. The average Bonchev–Trinajstić information content (AvgIpc) is 2.46. The lowest BCUT2D eigenvalue weighted by molar-refractivity contribution is -0.384. The smallest absolute Gasteiger partial charge is 0.271 e. The summed E-state index contributed by atoms with van der Waals surface area (Å²) in [5, 5.41) is 17.4. The molecule has 2 aromatic carbocycles. The van der Waals surface area contributed by atoms with Crippen LogP contribution in [0.15, 0.2) is 36.4 Å². The second-order valence-corrected chi connectivity index (χ2v) is 5.56. The van der Waals surface area contributed by atoms with Crippen molar-refractivity contribution in [2.45, 2.75) is 13.8 Å².